The first-order valence-electron chi connectivity index (χ1n) is 5.99. The molecule has 1 aliphatic carbocycles. The molecule has 0 aromatic carbocycles. The van der Waals surface area contributed by atoms with Crippen LogP contribution in [0.15, 0.2) is 4.52 Å². The molecule has 6 nitrogen and oxygen atoms in total. The maximum atomic E-state index is 11.2. The molecule has 0 saturated heterocycles. The second kappa shape index (κ2) is 5.77. The molecule has 6 heteroatoms. The largest absolute Gasteiger partial charge is 0.395 e. The topological polar surface area (TPSA) is 88.2 Å². The number of nitrogens with one attached hydrogen (secondary N) is 1. The molecule has 1 saturated carbocycles. The number of rotatable bonds is 7. The van der Waals surface area contributed by atoms with Crippen LogP contribution in [0.4, 0.5) is 0 Å². The Kier molecular flexibility index (Phi) is 4.08. The lowest BCUT2D eigenvalue weighted by Crippen LogP contribution is -2.26. The van der Waals surface area contributed by atoms with Crippen molar-refractivity contribution in [1.29, 1.82) is 0 Å². The molecule has 0 radical (unpaired) electrons. The van der Waals surface area contributed by atoms with E-state index >= 15 is 0 Å². The van der Waals surface area contributed by atoms with Crippen molar-refractivity contribution in [1.82, 2.24) is 15.5 Å². The van der Waals surface area contributed by atoms with Crippen LogP contribution < -0.4 is 5.32 Å². The number of hydrogen-bond acceptors (Lipinski definition) is 5. The number of aromatic nitrogens is 2. The molecule has 2 rings (SSSR count). The van der Waals surface area contributed by atoms with Gasteiger partial charge >= 0.3 is 0 Å². The van der Waals surface area contributed by atoms with E-state index in [4.69, 9.17) is 9.63 Å². The van der Waals surface area contributed by atoms with Gasteiger partial charge in [0.1, 0.15) is 0 Å². The molecule has 0 unspecified atom stereocenters. The molecule has 94 valence electrons. The smallest absolute Gasteiger partial charge is 0.226 e. The molecule has 1 heterocycles. The molecular formula is C11H17N3O3. The fraction of sp³-hybridized carbons (Fsp3) is 0.727. The normalized spacial score (nSPS) is 14.9. The van der Waals surface area contributed by atoms with Gasteiger partial charge in [0.15, 0.2) is 5.82 Å². The van der Waals surface area contributed by atoms with E-state index in [1.807, 2.05) is 0 Å². The maximum absolute atomic E-state index is 11.2. The van der Waals surface area contributed by atoms with Gasteiger partial charge in [0.2, 0.25) is 11.8 Å². The Morgan fingerprint density at radius 3 is 3.06 bits per heavy atom. The van der Waals surface area contributed by atoms with Gasteiger partial charge in [0.05, 0.1) is 6.61 Å². The summed E-state index contributed by atoms with van der Waals surface area (Å²) in [6.45, 7) is 0.283. The van der Waals surface area contributed by atoms with E-state index in [9.17, 15) is 4.79 Å². The molecule has 0 aliphatic heterocycles. The van der Waals surface area contributed by atoms with Crippen LogP contribution in [-0.2, 0) is 11.2 Å². The first kappa shape index (κ1) is 12.0. The van der Waals surface area contributed by atoms with Crippen LogP contribution in [0.5, 0.6) is 0 Å². The van der Waals surface area contributed by atoms with Crippen LogP contribution in [0.2, 0.25) is 0 Å². The van der Waals surface area contributed by atoms with Crippen molar-refractivity contribution in [3.05, 3.63) is 11.7 Å². The molecule has 0 bridgehead atoms. The second-order valence-corrected chi connectivity index (χ2v) is 4.25. The number of carbonyl (C=O) groups is 1. The van der Waals surface area contributed by atoms with Gasteiger partial charge in [-0.25, -0.2) is 0 Å². The molecule has 1 amide bonds. The zero-order valence-corrected chi connectivity index (χ0v) is 9.69. The van der Waals surface area contributed by atoms with Gasteiger partial charge in [-0.2, -0.15) is 4.98 Å². The minimum Gasteiger partial charge on any atom is -0.395 e. The lowest BCUT2D eigenvalue weighted by Gasteiger charge is -2.00. The standard InChI is InChI=1S/C11H17N3O3/c15-7-6-12-9(16)2-1-3-10-13-11(14-17-10)8-4-5-8/h8,15H,1-7H2,(H,12,16). The third kappa shape index (κ3) is 3.81. The van der Waals surface area contributed by atoms with Gasteiger partial charge in [0.25, 0.3) is 0 Å². The monoisotopic (exact) mass is 239 g/mol. The predicted octanol–water partition coefficient (Wildman–Crippen LogP) is 0.378. The van der Waals surface area contributed by atoms with Crippen LogP contribution in [0.1, 0.15) is 43.3 Å². The number of aliphatic hydroxyl groups is 1. The summed E-state index contributed by atoms with van der Waals surface area (Å²) in [6, 6.07) is 0. The number of aliphatic hydroxyl groups excluding tert-OH is 1. The van der Waals surface area contributed by atoms with Crippen LogP contribution in [0.25, 0.3) is 0 Å². The van der Waals surface area contributed by atoms with E-state index in [2.05, 4.69) is 15.5 Å². The van der Waals surface area contributed by atoms with Crippen LogP contribution in [0, 0.1) is 0 Å². The van der Waals surface area contributed by atoms with Gasteiger partial charge in [0, 0.05) is 25.3 Å². The molecule has 1 aromatic rings. The molecule has 1 aliphatic rings. The average molecular weight is 239 g/mol. The Morgan fingerprint density at radius 1 is 1.53 bits per heavy atom. The highest BCUT2D eigenvalue weighted by atomic mass is 16.5. The summed E-state index contributed by atoms with van der Waals surface area (Å²) < 4.78 is 5.10. The second-order valence-electron chi connectivity index (χ2n) is 4.25. The van der Waals surface area contributed by atoms with Crippen molar-refractivity contribution >= 4 is 5.91 Å². The third-order valence-corrected chi connectivity index (χ3v) is 2.65. The quantitative estimate of drug-likeness (QED) is 0.718. The van der Waals surface area contributed by atoms with Gasteiger partial charge in [-0.3, -0.25) is 4.79 Å². The number of carbonyl (C=O) groups excluding carboxylic acids is 1. The zero-order chi connectivity index (χ0) is 12.1. The Hall–Kier alpha value is -1.43. The van der Waals surface area contributed by atoms with Crippen molar-refractivity contribution in [3.63, 3.8) is 0 Å². The Morgan fingerprint density at radius 2 is 2.35 bits per heavy atom. The summed E-state index contributed by atoms with van der Waals surface area (Å²) in [7, 11) is 0. The van der Waals surface area contributed by atoms with E-state index in [1.165, 1.54) is 0 Å². The van der Waals surface area contributed by atoms with Gasteiger partial charge in [-0.15, -0.1) is 0 Å². The molecule has 0 spiro atoms. The first-order valence-corrected chi connectivity index (χ1v) is 5.99. The summed E-state index contributed by atoms with van der Waals surface area (Å²) in [5, 5.41) is 15.0. The molecule has 2 N–H and O–H groups in total. The highest BCUT2D eigenvalue weighted by Crippen LogP contribution is 2.38. The minimum absolute atomic E-state index is 0.0276. The Labute approximate surface area is 99.4 Å². The van der Waals surface area contributed by atoms with E-state index in [-0.39, 0.29) is 12.5 Å². The van der Waals surface area contributed by atoms with Crippen molar-refractivity contribution in [3.8, 4) is 0 Å². The summed E-state index contributed by atoms with van der Waals surface area (Å²) in [6.07, 6.45) is 4.04. The van der Waals surface area contributed by atoms with Crippen molar-refractivity contribution in [2.75, 3.05) is 13.2 Å². The number of amides is 1. The SMILES string of the molecule is O=C(CCCc1nc(C2CC2)no1)NCCO. The minimum atomic E-state index is -0.0546. The average Bonchev–Trinajstić information content (AvgIpc) is 3.07. The van der Waals surface area contributed by atoms with Gasteiger partial charge in [-0.05, 0) is 19.3 Å². The molecule has 1 aromatic heterocycles. The maximum Gasteiger partial charge on any atom is 0.226 e. The van der Waals surface area contributed by atoms with Crippen LogP contribution in [-0.4, -0.2) is 34.3 Å². The summed E-state index contributed by atoms with van der Waals surface area (Å²) in [4.78, 5) is 15.5. The predicted molar refractivity (Wildman–Crippen MR) is 59.3 cm³/mol. The zero-order valence-electron chi connectivity index (χ0n) is 9.69. The lowest BCUT2D eigenvalue weighted by molar-refractivity contribution is -0.121. The van der Waals surface area contributed by atoms with E-state index < -0.39 is 0 Å². The first-order chi connectivity index (χ1) is 8.29. The van der Waals surface area contributed by atoms with E-state index in [0.29, 0.717) is 37.6 Å². The van der Waals surface area contributed by atoms with Crippen LogP contribution in [0.3, 0.4) is 0 Å². The summed E-state index contributed by atoms with van der Waals surface area (Å²) >= 11 is 0. The number of hydrogen-bond donors (Lipinski definition) is 2. The highest BCUT2D eigenvalue weighted by molar-refractivity contribution is 5.75. The Balaban J connectivity index is 1.65. The van der Waals surface area contributed by atoms with E-state index in [0.717, 1.165) is 18.7 Å². The highest BCUT2D eigenvalue weighted by Gasteiger charge is 2.28. The van der Waals surface area contributed by atoms with E-state index in [1.54, 1.807) is 0 Å². The van der Waals surface area contributed by atoms with Gasteiger partial charge < -0.3 is 14.9 Å². The number of aryl methyl sites for hydroxylation is 1. The van der Waals surface area contributed by atoms with Crippen molar-refractivity contribution in [2.45, 2.75) is 38.0 Å². The lowest BCUT2D eigenvalue weighted by atomic mass is 10.2. The summed E-state index contributed by atoms with van der Waals surface area (Å²) in [5.41, 5.74) is 0. The molecule has 1 fully saturated rings. The molecule has 0 atom stereocenters. The molecular weight excluding hydrogens is 222 g/mol. The van der Waals surface area contributed by atoms with Gasteiger partial charge in [-0.1, -0.05) is 5.16 Å². The van der Waals surface area contributed by atoms with Crippen molar-refractivity contribution in [2.24, 2.45) is 0 Å². The van der Waals surface area contributed by atoms with Crippen LogP contribution >= 0.6 is 0 Å². The fourth-order valence-corrected chi connectivity index (χ4v) is 1.56. The third-order valence-electron chi connectivity index (χ3n) is 2.65. The fourth-order valence-electron chi connectivity index (χ4n) is 1.56. The van der Waals surface area contributed by atoms with Crippen molar-refractivity contribution < 1.29 is 14.4 Å². The summed E-state index contributed by atoms with van der Waals surface area (Å²) in [5.74, 6) is 1.87. The Bertz CT molecular complexity index is 374. The number of nitrogens with zero attached hydrogens (tertiary/aromatic N) is 2. The molecule has 17 heavy (non-hydrogen) atoms.